The van der Waals surface area contributed by atoms with E-state index in [2.05, 4.69) is 10.9 Å². The lowest BCUT2D eigenvalue weighted by atomic mass is 9.85. The molecule has 2 amide bonds. The minimum atomic E-state index is -0.284. The van der Waals surface area contributed by atoms with Crippen LogP contribution in [0.3, 0.4) is 0 Å². The maximum atomic E-state index is 12.4. The molecule has 5 nitrogen and oxygen atoms in total. The lowest BCUT2D eigenvalue weighted by Gasteiger charge is -2.23. The van der Waals surface area contributed by atoms with Gasteiger partial charge in [-0.15, -0.1) is 0 Å². The van der Waals surface area contributed by atoms with Gasteiger partial charge in [-0.2, -0.15) is 0 Å². The van der Waals surface area contributed by atoms with Crippen molar-refractivity contribution in [3.8, 4) is 5.69 Å². The molecule has 5 heteroatoms. The molecule has 1 fully saturated rings. The Kier molecular flexibility index (Phi) is 4.19. The van der Waals surface area contributed by atoms with E-state index in [1.54, 1.807) is 0 Å². The van der Waals surface area contributed by atoms with Crippen LogP contribution >= 0.6 is 0 Å². The number of carbonyl (C=O) groups is 2. The average Bonchev–Trinajstić information content (AvgIpc) is 2.79. The molecule has 1 aromatic carbocycles. The fourth-order valence-electron chi connectivity index (χ4n) is 2.93. The van der Waals surface area contributed by atoms with E-state index in [-0.39, 0.29) is 17.7 Å². The quantitative estimate of drug-likeness (QED) is 0.856. The monoisotopic (exact) mass is 311 g/mol. The van der Waals surface area contributed by atoms with E-state index in [0.29, 0.717) is 5.56 Å². The molecule has 23 heavy (non-hydrogen) atoms. The SMILES string of the molecule is Cc1cc(C(=O)NNC(=O)C2CCC2)c(C)n1-c1ccccc1. The van der Waals surface area contributed by atoms with Gasteiger partial charge in [-0.25, -0.2) is 0 Å². The molecule has 0 radical (unpaired) electrons. The van der Waals surface area contributed by atoms with Crippen molar-refractivity contribution < 1.29 is 9.59 Å². The highest BCUT2D eigenvalue weighted by Crippen LogP contribution is 2.26. The Balaban J connectivity index is 1.75. The second kappa shape index (κ2) is 6.28. The molecule has 0 saturated heterocycles. The number of nitrogens with one attached hydrogen (secondary N) is 2. The Morgan fingerprint density at radius 1 is 1.09 bits per heavy atom. The number of hydrogen-bond acceptors (Lipinski definition) is 2. The number of amides is 2. The average molecular weight is 311 g/mol. The van der Waals surface area contributed by atoms with Crippen molar-refractivity contribution in [1.82, 2.24) is 15.4 Å². The van der Waals surface area contributed by atoms with E-state index in [1.807, 2.05) is 54.8 Å². The predicted octanol–water partition coefficient (Wildman–Crippen LogP) is 2.66. The standard InChI is InChI=1S/C18H21N3O2/c1-12-11-16(13(2)21(12)15-9-4-3-5-10-15)18(23)20-19-17(22)14-7-6-8-14/h3-5,9-11,14H,6-8H2,1-2H3,(H,19,22)(H,20,23). The number of hydrogen-bond donors (Lipinski definition) is 2. The van der Waals surface area contributed by atoms with Gasteiger partial charge in [0.2, 0.25) is 5.91 Å². The molecule has 1 heterocycles. The molecule has 1 aliphatic rings. The minimum Gasteiger partial charge on any atom is -0.318 e. The van der Waals surface area contributed by atoms with E-state index in [4.69, 9.17) is 0 Å². The summed E-state index contributed by atoms with van der Waals surface area (Å²) < 4.78 is 2.03. The van der Waals surface area contributed by atoms with Crippen molar-refractivity contribution in [2.24, 2.45) is 5.92 Å². The zero-order chi connectivity index (χ0) is 16.4. The van der Waals surface area contributed by atoms with Gasteiger partial charge < -0.3 is 4.57 Å². The first-order chi connectivity index (χ1) is 11.1. The van der Waals surface area contributed by atoms with Crippen molar-refractivity contribution in [2.45, 2.75) is 33.1 Å². The molecule has 120 valence electrons. The Morgan fingerprint density at radius 3 is 2.39 bits per heavy atom. The second-order valence-electron chi connectivity index (χ2n) is 6.03. The third-order valence-corrected chi connectivity index (χ3v) is 4.47. The summed E-state index contributed by atoms with van der Waals surface area (Å²) in [6.07, 6.45) is 2.90. The van der Waals surface area contributed by atoms with Crippen molar-refractivity contribution >= 4 is 11.8 Å². The molecular weight excluding hydrogens is 290 g/mol. The zero-order valence-corrected chi connectivity index (χ0v) is 13.4. The van der Waals surface area contributed by atoms with E-state index in [9.17, 15) is 9.59 Å². The maximum absolute atomic E-state index is 12.4. The zero-order valence-electron chi connectivity index (χ0n) is 13.4. The number of aromatic nitrogens is 1. The molecule has 0 unspecified atom stereocenters. The molecule has 1 aromatic heterocycles. The third-order valence-electron chi connectivity index (χ3n) is 4.47. The highest BCUT2D eigenvalue weighted by atomic mass is 16.2. The molecule has 0 bridgehead atoms. The summed E-state index contributed by atoms with van der Waals surface area (Å²) in [4.78, 5) is 24.2. The lowest BCUT2D eigenvalue weighted by molar-refractivity contribution is -0.128. The molecule has 0 aliphatic heterocycles. The largest absolute Gasteiger partial charge is 0.318 e. The summed E-state index contributed by atoms with van der Waals surface area (Å²) in [5.41, 5.74) is 8.47. The van der Waals surface area contributed by atoms with Crippen LogP contribution < -0.4 is 10.9 Å². The van der Waals surface area contributed by atoms with Gasteiger partial charge in [0, 0.05) is 23.0 Å². The van der Waals surface area contributed by atoms with Crippen LogP contribution in [0.25, 0.3) is 5.69 Å². The number of rotatable bonds is 3. The molecule has 0 spiro atoms. The van der Waals surface area contributed by atoms with E-state index >= 15 is 0 Å². The number of nitrogens with zero attached hydrogens (tertiary/aromatic N) is 1. The fourth-order valence-corrected chi connectivity index (χ4v) is 2.93. The van der Waals surface area contributed by atoms with Gasteiger partial charge in [-0.3, -0.25) is 20.4 Å². The van der Waals surface area contributed by atoms with E-state index in [0.717, 1.165) is 36.3 Å². The van der Waals surface area contributed by atoms with Crippen molar-refractivity contribution in [3.63, 3.8) is 0 Å². The van der Waals surface area contributed by atoms with Gasteiger partial charge in [0.1, 0.15) is 0 Å². The van der Waals surface area contributed by atoms with Gasteiger partial charge in [0.15, 0.2) is 0 Å². The van der Waals surface area contributed by atoms with Gasteiger partial charge in [0.05, 0.1) is 5.56 Å². The van der Waals surface area contributed by atoms with Crippen LogP contribution in [0.2, 0.25) is 0 Å². The smallest absolute Gasteiger partial charge is 0.271 e. The number of aryl methyl sites for hydroxylation is 1. The Hall–Kier alpha value is -2.56. The number of carbonyl (C=O) groups excluding carboxylic acids is 2. The second-order valence-corrected chi connectivity index (χ2v) is 6.03. The molecule has 2 aromatic rings. The Bertz CT molecular complexity index is 730. The van der Waals surface area contributed by atoms with Crippen molar-refractivity contribution in [2.75, 3.05) is 0 Å². The van der Waals surface area contributed by atoms with E-state index < -0.39 is 0 Å². The molecule has 1 saturated carbocycles. The highest BCUT2D eigenvalue weighted by molar-refractivity contribution is 5.97. The normalized spacial score (nSPS) is 14.2. The summed E-state index contributed by atoms with van der Waals surface area (Å²) in [5.74, 6) is -0.332. The van der Waals surface area contributed by atoms with Crippen molar-refractivity contribution in [1.29, 1.82) is 0 Å². The Morgan fingerprint density at radius 2 is 1.78 bits per heavy atom. The van der Waals surface area contributed by atoms with Crippen LogP contribution in [0, 0.1) is 19.8 Å². The molecule has 0 atom stereocenters. The fraction of sp³-hybridized carbons (Fsp3) is 0.333. The maximum Gasteiger partial charge on any atom is 0.271 e. The van der Waals surface area contributed by atoms with Crippen LogP contribution in [-0.2, 0) is 4.79 Å². The van der Waals surface area contributed by atoms with Gasteiger partial charge in [-0.05, 0) is 44.9 Å². The highest BCUT2D eigenvalue weighted by Gasteiger charge is 2.25. The lowest BCUT2D eigenvalue weighted by Crippen LogP contribution is -2.46. The molecule has 1 aliphatic carbocycles. The van der Waals surface area contributed by atoms with Crippen LogP contribution in [0.15, 0.2) is 36.4 Å². The van der Waals surface area contributed by atoms with E-state index in [1.165, 1.54) is 0 Å². The van der Waals surface area contributed by atoms with Crippen molar-refractivity contribution in [3.05, 3.63) is 53.3 Å². The molecular formula is C18H21N3O2. The topological polar surface area (TPSA) is 63.1 Å². The van der Waals surface area contributed by atoms with Crippen LogP contribution in [0.5, 0.6) is 0 Å². The summed E-state index contributed by atoms with van der Waals surface area (Å²) in [6, 6.07) is 11.7. The summed E-state index contributed by atoms with van der Waals surface area (Å²) >= 11 is 0. The first-order valence-corrected chi connectivity index (χ1v) is 7.92. The first-order valence-electron chi connectivity index (χ1n) is 7.92. The van der Waals surface area contributed by atoms with Gasteiger partial charge >= 0.3 is 0 Å². The number of hydrazine groups is 1. The van der Waals surface area contributed by atoms with Gasteiger partial charge in [-0.1, -0.05) is 24.6 Å². The predicted molar refractivity (Wildman–Crippen MR) is 88.2 cm³/mol. The minimum absolute atomic E-state index is 0.0482. The molecule has 2 N–H and O–H groups in total. The third kappa shape index (κ3) is 2.99. The summed E-state index contributed by atoms with van der Waals surface area (Å²) in [7, 11) is 0. The summed E-state index contributed by atoms with van der Waals surface area (Å²) in [6.45, 7) is 3.87. The van der Waals surface area contributed by atoms with Gasteiger partial charge in [0.25, 0.3) is 5.91 Å². The van der Waals surface area contributed by atoms with Crippen LogP contribution in [0.1, 0.15) is 41.0 Å². The number of benzene rings is 1. The van der Waals surface area contributed by atoms with Crippen LogP contribution in [-0.4, -0.2) is 16.4 Å². The summed E-state index contributed by atoms with van der Waals surface area (Å²) in [5, 5.41) is 0. The first kappa shape index (κ1) is 15.3. The Labute approximate surface area is 135 Å². The number of para-hydroxylation sites is 1. The van der Waals surface area contributed by atoms with Crippen LogP contribution in [0.4, 0.5) is 0 Å². The molecule has 3 rings (SSSR count).